The monoisotopic (exact) mass is 1110 g/mol. The molecule has 0 saturated heterocycles. The number of hydrogen-bond donors (Lipinski definition) is 0. The fraction of sp³-hybridized carbons (Fsp3) is 0.246. The third-order valence-electron chi connectivity index (χ3n) is 15.5. The van der Waals surface area contributed by atoms with E-state index in [0.717, 1.165) is 114 Å². The van der Waals surface area contributed by atoms with Gasteiger partial charge < -0.3 is 27.7 Å². The number of ether oxygens (including phenoxy) is 2. The van der Waals surface area contributed by atoms with Crippen LogP contribution in [0.3, 0.4) is 0 Å². The van der Waals surface area contributed by atoms with Gasteiger partial charge in [-0.1, -0.05) is 50.1 Å². The summed E-state index contributed by atoms with van der Waals surface area (Å²) in [5, 5.41) is 7.46. The highest BCUT2D eigenvalue weighted by Gasteiger charge is 2.41. The fourth-order valence-electron chi connectivity index (χ4n) is 12.7. The zero-order chi connectivity index (χ0) is 51.3. The molecule has 2 unspecified atom stereocenters. The van der Waals surface area contributed by atoms with Gasteiger partial charge in [0.15, 0.2) is 0 Å². The van der Waals surface area contributed by atoms with Crippen LogP contribution in [0.2, 0.25) is 0 Å². The molecule has 17 heteroatoms. The van der Waals surface area contributed by atoms with Gasteiger partial charge in [0, 0.05) is 145 Å². The molecule has 4 aliphatic rings. The molecule has 0 bridgehead atoms. The number of rotatable bonds is 5. The van der Waals surface area contributed by atoms with E-state index in [4.69, 9.17) is 9.47 Å². The first kappa shape index (κ1) is 46.2. The van der Waals surface area contributed by atoms with Crippen molar-refractivity contribution in [2.75, 3.05) is 13.2 Å². The number of aromatic nitrogens is 4. The lowest BCUT2D eigenvalue weighted by molar-refractivity contribution is -0.143. The molecule has 0 N–H and O–H groups in total. The molecule has 2 atom stereocenters. The smallest absolute Gasteiger partial charge is 0.302 e. The van der Waals surface area contributed by atoms with Crippen LogP contribution in [-0.4, -0.2) is 83.1 Å². The van der Waals surface area contributed by atoms with Gasteiger partial charge in [-0.25, -0.2) is 0 Å². The van der Waals surface area contributed by atoms with Crippen molar-refractivity contribution in [2.24, 2.45) is 11.8 Å². The molecule has 0 aliphatic carbocycles. The molecular weight excluding hydrogens is 1070 g/mol. The van der Waals surface area contributed by atoms with Gasteiger partial charge in [0.1, 0.15) is 6.29 Å². The average Bonchev–Trinajstić information content (AvgIpc) is 4.22. The molecule has 15 nitrogen and oxygen atoms in total. The number of benzene rings is 6. The largest absolute Gasteiger partial charge is 0.465 e. The zero-order valence-corrected chi connectivity index (χ0v) is 43.7. The van der Waals surface area contributed by atoms with Gasteiger partial charge in [0.2, 0.25) is 11.8 Å². The van der Waals surface area contributed by atoms with Crippen LogP contribution in [0.15, 0.2) is 87.8 Å². The number of carbonyl (C=O) groups excluding carboxylic acids is 7. The number of esters is 2. The quantitative estimate of drug-likeness (QED) is 0.120. The van der Waals surface area contributed by atoms with Crippen molar-refractivity contribution in [3.05, 3.63) is 116 Å². The summed E-state index contributed by atoms with van der Waals surface area (Å²) in [4.78, 5) is 90.3. The van der Waals surface area contributed by atoms with E-state index in [0.29, 0.717) is 49.5 Å². The molecule has 0 fully saturated rings. The Morgan fingerprint density at radius 1 is 0.527 bits per heavy atom. The summed E-state index contributed by atoms with van der Waals surface area (Å²) in [6.45, 7) is 9.21. The van der Waals surface area contributed by atoms with E-state index < -0.39 is 0 Å². The summed E-state index contributed by atoms with van der Waals surface area (Å²) >= 11 is 7.22. The SMILES string of the molecule is CC(=O)OCC1Cn2c3ccc(C=O)cc3c3c4c(c5c6cc(Br)ccc6n(c5c32)C1)C(=O)N(C(C)=O)C4.CC(=O)OCC1Cn2c3ccccc3c3c4c(c5c6cc(Br)ccc6n(c5c32)C1)C(=O)N(C(C)=O)C4. The predicted octanol–water partition coefficient (Wildman–Crippen LogP) is 10.5. The molecule has 10 aromatic rings. The predicted molar refractivity (Wildman–Crippen MR) is 287 cm³/mol. The maximum absolute atomic E-state index is 13.8. The van der Waals surface area contributed by atoms with Crippen molar-refractivity contribution >= 4 is 161 Å². The van der Waals surface area contributed by atoms with Gasteiger partial charge in [-0.15, -0.1) is 0 Å². The van der Waals surface area contributed by atoms with Crippen LogP contribution < -0.4 is 0 Å². The van der Waals surface area contributed by atoms with Gasteiger partial charge in [0.05, 0.1) is 59.5 Å². The topological polar surface area (TPSA) is 164 Å². The van der Waals surface area contributed by atoms with Gasteiger partial charge in [-0.3, -0.25) is 43.4 Å². The highest BCUT2D eigenvalue weighted by molar-refractivity contribution is 9.10. The Kier molecular flexibility index (Phi) is 10.4. The van der Waals surface area contributed by atoms with Crippen LogP contribution in [0.5, 0.6) is 0 Å². The van der Waals surface area contributed by atoms with E-state index in [2.05, 4.69) is 74.4 Å². The molecule has 0 saturated carbocycles. The number of fused-ring (bicyclic) bond motifs is 18. The van der Waals surface area contributed by atoms with E-state index in [1.165, 1.54) is 37.5 Å². The number of carbonyl (C=O) groups is 7. The Balaban J connectivity index is 0.000000143. The Morgan fingerprint density at radius 3 is 1.35 bits per heavy atom. The summed E-state index contributed by atoms with van der Waals surface area (Å²) in [6, 6.07) is 26.0. The summed E-state index contributed by atoms with van der Waals surface area (Å²) in [7, 11) is 0. The van der Waals surface area contributed by atoms with Crippen LogP contribution in [0.1, 0.15) is 69.9 Å². The summed E-state index contributed by atoms with van der Waals surface area (Å²) < 4.78 is 21.8. The van der Waals surface area contributed by atoms with Gasteiger partial charge >= 0.3 is 11.9 Å². The third-order valence-corrected chi connectivity index (χ3v) is 16.5. The number of hydrogen-bond acceptors (Lipinski definition) is 9. The summed E-state index contributed by atoms with van der Waals surface area (Å²) in [5.41, 5.74) is 11.3. The molecule has 74 heavy (non-hydrogen) atoms. The van der Waals surface area contributed by atoms with E-state index in [-0.39, 0.29) is 67.1 Å². The van der Waals surface area contributed by atoms with Gasteiger partial charge in [-0.2, -0.15) is 0 Å². The summed E-state index contributed by atoms with van der Waals surface area (Å²) in [6.07, 6.45) is 0.818. The minimum atomic E-state index is -0.328. The summed E-state index contributed by atoms with van der Waals surface area (Å²) in [5.74, 6) is -1.70. The Morgan fingerprint density at radius 2 is 0.919 bits per heavy atom. The normalized spacial score (nSPS) is 16.8. The first-order chi connectivity index (χ1) is 35.6. The average molecular weight is 1120 g/mol. The second-order valence-corrected chi connectivity index (χ2v) is 21.8. The fourth-order valence-corrected chi connectivity index (χ4v) is 13.4. The molecule has 8 heterocycles. The Bertz CT molecular complexity index is 4310. The van der Waals surface area contributed by atoms with E-state index in [9.17, 15) is 33.6 Å². The number of aldehydes is 1. The number of para-hydroxylation sites is 1. The minimum absolute atomic E-state index is 0.0300. The molecule has 0 radical (unpaired) electrons. The lowest BCUT2D eigenvalue weighted by Crippen LogP contribution is -2.28. The molecule has 4 aliphatic heterocycles. The van der Waals surface area contributed by atoms with Gasteiger partial charge in [0.25, 0.3) is 11.8 Å². The highest BCUT2D eigenvalue weighted by atomic mass is 79.9. The van der Waals surface area contributed by atoms with Crippen LogP contribution in [-0.2, 0) is 67.9 Å². The van der Waals surface area contributed by atoms with Crippen molar-refractivity contribution in [1.82, 2.24) is 28.1 Å². The molecule has 0 spiro atoms. The van der Waals surface area contributed by atoms with E-state index in [1.54, 1.807) is 6.07 Å². The number of nitrogens with zero attached hydrogens (tertiary/aromatic N) is 6. The van der Waals surface area contributed by atoms with Crippen molar-refractivity contribution in [3.8, 4) is 0 Å². The maximum Gasteiger partial charge on any atom is 0.302 e. The lowest BCUT2D eigenvalue weighted by Gasteiger charge is -2.18. The van der Waals surface area contributed by atoms with E-state index in [1.807, 2.05) is 48.5 Å². The number of imide groups is 2. The standard InChI is InChI=1S/C29H22BrN3O5.C28H22BrN3O4/c1-14(35)31-11-21-24-19-7-16(12-34)3-5-22(19)32-9-17(13-38-15(2)36)10-33-23-6-4-18(30)8-20(23)25(26(21)29(31)37)28(33)27(24)32;1-14(33)30-12-20-23-18-5-3-4-6-21(18)31-10-16(13-36-15(2)34)11-32-22-8-7-17(29)9-19(22)24(25(20)28(30)35)27(32)26(23)31/h3-8,12,17H,9-11,13H2,1-2H3;3-9,16H,10-13H2,1-2H3. The molecular formula is C57H44Br2N6O9. The Labute approximate surface area is 437 Å². The molecule has 14 rings (SSSR count). The lowest BCUT2D eigenvalue weighted by atomic mass is 9.96. The maximum atomic E-state index is 13.8. The van der Waals surface area contributed by atoms with Crippen LogP contribution in [0, 0.1) is 11.8 Å². The van der Waals surface area contributed by atoms with Crippen LogP contribution in [0.25, 0.3) is 87.2 Å². The number of halogens is 2. The van der Waals surface area contributed by atoms with Crippen molar-refractivity contribution in [1.29, 1.82) is 0 Å². The molecule has 6 aromatic carbocycles. The molecule has 370 valence electrons. The van der Waals surface area contributed by atoms with Crippen molar-refractivity contribution in [3.63, 3.8) is 0 Å². The third kappa shape index (κ3) is 6.57. The second kappa shape index (κ2) is 16.7. The molecule has 4 amide bonds. The first-order valence-corrected chi connectivity index (χ1v) is 26.0. The highest BCUT2D eigenvalue weighted by Crippen LogP contribution is 2.50. The van der Waals surface area contributed by atoms with Crippen LogP contribution >= 0.6 is 31.9 Å². The second-order valence-electron chi connectivity index (χ2n) is 19.9. The first-order valence-electron chi connectivity index (χ1n) is 24.4. The van der Waals surface area contributed by atoms with Gasteiger partial charge in [-0.05, 0) is 71.8 Å². The van der Waals surface area contributed by atoms with E-state index >= 15 is 0 Å². The van der Waals surface area contributed by atoms with Crippen molar-refractivity contribution < 1.29 is 43.0 Å². The number of amides is 4. The zero-order valence-electron chi connectivity index (χ0n) is 40.5. The minimum Gasteiger partial charge on any atom is -0.465 e. The Hall–Kier alpha value is -7.63. The van der Waals surface area contributed by atoms with Crippen molar-refractivity contribution in [2.45, 2.75) is 67.0 Å². The molecule has 4 aromatic heterocycles. The van der Waals surface area contributed by atoms with Crippen LogP contribution in [0.4, 0.5) is 0 Å².